The number of pyridine rings is 1. The first-order valence-corrected chi connectivity index (χ1v) is 9.11. The number of hydrogen-bond donors (Lipinski definition) is 1. The van der Waals surface area contributed by atoms with Gasteiger partial charge in [-0.3, -0.25) is 4.79 Å². The van der Waals surface area contributed by atoms with Crippen LogP contribution in [0.4, 0.5) is 5.69 Å². The number of hydrogen-bond acceptors (Lipinski definition) is 4. The number of aromatic nitrogens is 3. The molecule has 0 radical (unpaired) electrons. The van der Waals surface area contributed by atoms with E-state index in [0.29, 0.717) is 6.04 Å². The van der Waals surface area contributed by atoms with E-state index in [-0.39, 0.29) is 11.8 Å². The topological polar surface area (TPSA) is 62.5 Å². The molecular weight excluding hydrogens is 326 g/mol. The second-order valence-corrected chi connectivity index (χ2v) is 6.83. The van der Waals surface area contributed by atoms with E-state index in [9.17, 15) is 4.79 Å². The molecule has 1 aliphatic rings. The highest BCUT2D eigenvalue weighted by Gasteiger charge is 2.27. The molecule has 1 atom stereocenters. The molecule has 6 heteroatoms. The van der Waals surface area contributed by atoms with Crippen molar-refractivity contribution in [1.82, 2.24) is 19.5 Å². The quantitative estimate of drug-likeness (QED) is 0.787. The summed E-state index contributed by atoms with van der Waals surface area (Å²) in [7, 11) is 0. The Balaban J connectivity index is 1.37. The van der Waals surface area contributed by atoms with Crippen LogP contribution in [-0.4, -0.2) is 44.5 Å². The highest BCUT2D eigenvalue weighted by atomic mass is 16.2. The maximum atomic E-state index is 12.8. The summed E-state index contributed by atoms with van der Waals surface area (Å²) in [5.74, 6) is 0.125. The van der Waals surface area contributed by atoms with Crippen LogP contribution in [0.15, 0.2) is 55.0 Å². The minimum Gasteiger partial charge on any atom is -0.379 e. The third-order valence-corrected chi connectivity index (χ3v) is 5.14. The lowest BCUT2D eigenvalue weighted by molar-refractivity contribution is -0.133. The van der Waals surface area contributed by atoms with Gasteiger partial charge in [0, 0.05) is 25.3 Å². The molecule has 134 valence electrons. The van der Waals surface area contributed by atoms with Gasteiger partial charge in [0.25, 0.3) is 0 Å². The number of nitrogens with zero attached hydrogens (tertiary/aromatic N) is 4. The molecule has 0 saturated carbocycles. The highest BCUT2D eigenvalue weighted by molar-refractivity contribution is 5.83. The molecule has 0 bridgehead atoms. The number of anilines is 1. The normalized spacial score (nSPS) is 16.6. The van der Waals surface area contributed by atoms with E-state index >= 15 is 0 Å². The first kappa shape index (κ1) is 16.6. The first-order chi connectivity index (χ1) is 12.7. The lowest BCUT2D eigenvalue weighted by atomic mass is 9.97. The van der Waals surface area contributed by atoms with Gasteiger partial charge in [0.1, 0.15) is 6.33 Å². The van der Waals surface area contributed by atoms with Gasteiger partial charge in [0.05, 0.1) is 11.6 Å². The monoisotopic (exact) mass is 349 g/mol. The first-order valence-electron chi connectivity index (χ1n) is 9.11. The Morgan fingerprint density at radius 1 is 1.15 bits per heavy atom. The van der Waals surface area contributed by atoms with E-state index in [1.807, 2.05) is 60.5 Å². The lowest BCUT2D eigenvalue weighted by Gasteiger charge is -2.34. The molecular formula is C20H23N5O. The Kier molecular flexibility index (Phi) is 4.56. The van der Waals surface area contributed by atoms with Gasteiger partial charge in [0.2, 0.25) is 5.91 Å². The van der Waals surface area contributed by atoms with Gasteiger partial charge < -0.3 is 10.2 Å². The number of amides is 1. The summed E-state index contributed by atoms with van der Waals surface area (Å²) in [5, 5.41) is 7.74. The average Bonchev–Trinajstić information content (AvgIpc) is 3.18. The Morgan fingerprint density at radius 3 is 2.69 bits per heavy atom. The predicted molar refractivity (Wildman–Crippen MR) is 101 cm³/mol. The highest BCUT2D eigenvalue weighted by Crippen LogP contribution is 2.23. The molecule has 6 nitrogen and oxygen atoms in total. The van der Waals surface area contributed by atoms with Crippen LogP contribution in [0.25, 0.3) is 5.65 Å². The number of fused-ring (bicyclic) bond motifs is 1. The third kappa shape index (κ3) is 3.27. The molecule has 0 spiro atoms. The molecule has 4 rings (SSSR count). The van der Waals surface area contributed by atoms with Gasteiger partial charge in [-0.15, -0.1) is 0 Å². The van der Waals surface area contributed by atoms with Gasteiger partial charge in [-0.2, -0.15) is 5.10 Å². The molecule has 3 heterocycles. The summed E-state index contributed by atoms with van der Waals surface area (Å²) in [5.41, 5.74) is 2.91. The molecule has 1 unspecified atom stereocenters. The number of carbonyl (C=O) groups excluding carboxylic acids is 1. The molecule has 1 amide bonds. The van der Waals surface area contributed by atoms with Crippen molar-refractivity contribution >= 4 is 17.2 Å². The maximum Gasteiger partial charge on any atom is 0.229 e. The fourth-order valence-electron chi connectivity index (χ4n) is 3.58. The van der Waals surface area contributed by atoms with Crippen LogP contribution in [0.3, 0.4) is 0 Å². The summed E-state index contributed by atoms with van der Waals surface area (Å²) < 4.78 is 1.77. The van der Waals surface area contributed by atoms with E-state index in [1.165, 1.54) is 0 Å². The lowest BCUT2D eigenvalue weighted by Crippen LogP contribution is -2.44. The minimum absolute atomic E-state index is 0.0922. The van der Waals surface area contributed by atoms with Crippen molar-refractivity contribution in [3.05, 3.63) is 60.6 Å². The van der Waals surface area contributed by atoms with Crippen molar-refractivity contribution in [3.63, 3.8) is 0 Å². The zero-order valence-corrected chi connectivity index (χ0v) is 14.9. The van der Waals surface area contributed by atoms with Gasteiger partial charge >= 0.3 is 0 Å². The third-order valence-electron chi connectivity index (χ3n) is 5.14. The standard InChI is InChI=1S/C20H23N5O/c1-15(16-6-3-2-4-7-16)20(26)24-12-9-17(10-13-24)23-18-8-5-11-25-19(18)21-14-22-25/h2-8,11,14-15,17,23H,9-10,12-13H2,1H3. The van der Waals surface area contributed by atoms with Crippen LogP contribution in [0.2, 0.25) is 0 Å². The summed E-state index contributed by atoms with van der Waals surface area (Å²) in [6, 6.07) is 14.3. The number of likely N-dealkylation sites (tertiary alicyclic amines) is 1. The maximum absolute atomic E-state index is 12.8. The Morgan fingerprint density at radius 2 is 1.92 bits per heavy atom. The van der Waals surface area contributed by atoms with E-state index in [2.05, 4.69) is 15.4 Å². The zero-order valence-electron chi connectivity index (χ0n) is 14.9. The van der Waals surface area contributed by atoms with Crippen LogP contribution in [0, 0.1) is 0 Å². The molecule has 1 N–H and O–H groups in total. The smallest absolute Gasteiger partial charge is 0.229 e. The second kappa shape index (κ2) is 7.15. The zero-order chi connectivity index (χ0) is 17.9. The van der Waals surface area contributed by atoms with Gasteiger partial charge in [-0.1, -0.05) is 30.3 Å². The van der Waals surface area contributed by atoms with Crippen molar-refractivity contribution < 1.29 is 4.79 Å². The van der Waals surface area contributed by atoms with Crippen molar-refractivity contribution in [2.24, 2.45) is 0 Å². The van der Waals surface area contributed by atoms with Gasteiger partial charge in [0.15, 0.2) is 5.65 Å². The van der Waals surface area contributed by atoms with Crippen LogP contribution in [-0.2, 0) is 4.79 Å². The van der Waals surface area contributed by atoms with E-state index in [4.69, 9.17) is 0 Å². The number of benzene rings is 1. The van der Waals surface area contributed by atoms with E-state index in [0.717, 1.165) is 42.8 Å². The van der Waals surface area contributed by atoms with Gasteiger partial charge in [-0.05, 0) is 37.5 Å². The molecule has 1 saturated heterocycles. The van der Waals surface area contributed by atoms with Gasteiger partial charge in [-0.25, -0.2) is 9.50 Å². The van der Waals surface area contributed by atoms with Crippen LogP contribution in [0.5, 0.6) is 0 Å². The minimum atomic E-state index is -0.0922. The summed E-state index contributed by atoms with van der Waals surface area (Å²) in [6.07, 6.45) is 5.32. The summed E-state index contributed by atoms with van der Waals surface area (Å²) >= 11 is 0. The summed E-state index contributed by atoms with van der Waals surface area (Å²) in [6.45, 7) is 3.56. The van der Waals surface area contributed by atoms with Crippen molar-refractivity contribution in [3.8, 4) is 0 Å². The van der Waals surface area contributed by atoms with Crippen molar-refractivity contribution in [2.75, 3.05) is 18.4 Å². The molecule has 1 fully saturated rings. The van der Waals surface area contributed by atoms with E-state index < -0.39 is 0 Å². The largest absolute Gasteiger partial charge is 0.379 e. The molecule has 3 aromatic rings. The van der Waals surface area contributed by atoms with E-state index in [1.54, 1.807) is 10.8 Å². The number of piperidine rings is 1. The van der Waals surface area contributed by atoms with Crippen LogP contribution >= 0.6 is 0 Å². The van der Waals surface area contributed by atoms with Crippen LogP contribution in [0.1, 0.15) is 31.2 Å². The Bertz CT molecular complexity index is 883. The summed E-state index contributed by atoms with van der Waals surface area (Å²) in [4.78, 5) is 19.1. The fourth-order valence-corrected chi connectivity index (χ4v) is 3.58. The second-order valence-electron chi connectivity index (χ2n) is 6.83. The fraction of sp³-hybridized carbons (Fsp3) is 0.350. The average molecular weight is 349 g/mol. The molecule has 1 aliphatic heterocycles. The number of rotatable bonds is 4. The molecule has 0 aliphatic carbocycles. The predicted octanol–water partition coefficient (Wildman–Crippen LogP) is 2.94. The molecule has 26 heavy (non-hydrogen) atoms. The molecule has 1 aromatic carbocycles. The SMILES string of the molecule is CC(C(=O)N1CCC(Nc2cccn3ncnc23)CC1)c1ccccc1. The Labute approximate surface area is 152 Å². The van der Waals surface area contributed by atoms with Crippen molar-refractivity contribution in [1.29, 1.82) is 0 Å². The van der Waals surface area contributed by atoms with Crippen molar-refractivity contribution in [2.45, 2.75) is 31.7 Å². The number of carbonyl (C=O) groups is 1. The molecule has 2 aromatic heterocycles. The Hall–Kier alpha value is -2.89. The van der Waals surface area contributed by atoms with Crippen LogP contribution < -0.4 is 5.32 Å². The number of nitrogens with one attached hydrogen (secondary N) is 1.